The molecule has 0 radical (unpaired) electrons. The van der Waals surface area contributed by atoms with Crippen LogP contribution < -0.4 is 10.6 Å². The molecular formula is C15H18ClN3O. The Hall–Kier alpha value is -1.57. The molecule has 0 saturated carbocycles. The molecule has 1 fully saturated rings. The van der Waals surface area contributed by atoms with Crippen molar-refractivity contribution in [2.24, 2.45) is 11.3 Å². The maximum Gasteiger partial charge on any atom is 0.232 e. The second kappa shape index (κ2) is 5.82. The van der Waals surface area contributed by atoms with Gasteiger partial charge in [0.2, 0.25) is 5.91 Å². The third-order valence-electron chi connectivity index (χ3n) is 4.09. The Labute approximate surface area is 124 Å². The number of nitriles is 1. The van der Waals surface area contributed by atoms with Crippen LogP contribution in [-0.4, -0.2) is 19.0 Å². The summed E-state index contributed by atoms with van der Waals surface area (Å²) in [5, 5.41) is 15.4. The third-order valence-corrected chi connectivity index (χ3v) is 4.40. The van der Waals surface area contributed by atoms with Gasteiger partial charge in [-0.3, -0.25) is 4.79 Å². The Morgan fingerprint density at radius 1 is 1.55 bits per heavy atom. The first-order chi connectivity index (χ1) is 9.49. The average Bonchev–Trinajstić information content (AvgIpc) is 2.91. The predicted molar refractivity (Wildman–Crippen MR) is 79.6 cm³/mol. The van der Waals surface area contributed by atoms with Crippen molar-refractivity contribution in [1.29, 1.82) is 5.26 Å². The van der Waals surface area contributed by atoms with E-state index in [-0.39, 0.29) is 11.8 Å². The summed E-state index contributed by atoms with van der Waals surface area (Å²) in [4.78, 5) is 12.6. The van der Waals surface area contributed by atoms with Crippen molar-refractivity contribution in [3.05, 3.63) is 28.8 Å². The van der Waals surface area contributed by atoms with Crippen LogP contribution >= 0.6 is 11.6 Å². The minimum atomic E-state index is -0.392. The highest BCUT2D eigenvalue weighted by Gasteiger charge is 2.43. The molecule has 20 heavy (non-hydrogen) atoms. The van der Waals surface area contributed by atoms with Gasteiger partial charge in [-0.15, -0.1) is 0 Å². The lowest BCUT2D eigenvalue weighted by Crippen LogP contribution is -2.42. The van der Waals surface area contributed by atoms with Crippen molar-refractivity contribution in [1.82, 2.24) is 5.32 Å². The normalized spacial score (nSPS) is 21.8. The van der Waals surface area contributed by atoms with Gasteiger partial charge in [0, 0.05) is 6.54 Å². The van der Waals surface area contributed by atoms with Crippen molar-refractivity contribution < 1.29 is 4.79 Å². The van der Waals surface area contributed by atoms with Crippen LogP contribution in [0.25, 0.3) is 0 Å². The lowest BCUT2D eigenvalue weighted by Gasteiger charge is -2.31. The standard InChI is InChI=1S/C15H18ClN3O/c1-10(2)15(5-6-18-9-15)14(20)19-13-4-3-11(8-17)7-12(13)16/h3-4,7,10,18H,5-6,9H2,1-2H3,(H,19,20). The summed E-state index contributed by atoms with van der Waals surface area (Å²) >= 11 is 6.10. The van der Waals surface area contributed by atoms with E-state index in [0.717, 1.165) is 13.0 Å². The summed E-state index contributed by atoms with van der Waals surface area (Å²) in [6.45, 7) is 5.66. The first kappa shape index (κ1) is 14.8. The minimum Gasteiger partial charge on any atom is -0.324 e. The molecule has 106 valence electrons. The number of nitrogens with one attached hydrogen (secondary N) is 2. The van der Waals surface area contributed by atoms with Crippen LogP contribution in [0.3, 0.4) is 0 Å². The SMILES string of the molecule is CC(C)C1(C(=O)Nc2ccc(C#N)cc2Cl)CCNC1. The van der Waals surface area contributed by atoms with Gasteiger partial charge in [-0.1, -0.05) is 25.4 Å². The van der Waals surface area contributed by atoms with Gasteiger partial charge in [0.15, 0.2) is 0 Å². The molecule has 1 amide bonds. The van der Waals surface area contributed by atoms with Crippen molar-refractivity contribution >= 4 is 23.2 Å². The molecule has 0 bridgehead atoms. The topological polar surface area (TPSA) is 64.9 Å². The van der Waals surface area contributed by atoms with Crippen molar-refractivity contribution in [2.75, 3.05) is 18.4 Å². The zero-order chi connectivity index (χ0) is 14.8. The van der Waals surface area contributed by atoms with Crippen molar-refractivity contribution in [3.63, 3.8) is 0 Å². The number of rotatable bonds is 3. The molecule has 1 atom stereocenters. The Balaban J connectivity index is 2.21. The number of nitrogens with zero attached hydrogens (tertiary/aromatic N) is 1. The molecule has 4 nitrogen and oxygen atoms in total. The maximum atomic E-state index is 12.6. The molecular weight excluding hydrogens is 274 g/mol. The largest absolute Gasteiger partial charge is 0.324 e. The first-order valence-electron chi connectivity index (χ1n) is 6.71. The number of halogens is 1. The number of anilines is 1. The molecule has 2 rings (SSSR count). The van der Waals surface area contributed by atoms with Crippen LogP contribution in [0.5, 0.6) is 0 Å². The van der Waals surface area contributed by atoms with Crippen LogP contribution in [0.1, 0.15) is 25.8 Å². The minimum absolute atomic E-state index is 0.0101. The second-order valence-electron chi connectivity index (χ2n) is 5.50. The first-order valence-corrected chi connectivity index (χ1v) is 7.09. The summed E-state index contributed by atoms with van der Waals surface area (Å²) in [7, 11) is 0. The molecule has 1 aliphatic heterocycles. The van der Waals surface area contributed by atoms with Crippen molar-refractivity contribution in [3.8, 4) is 6.07 Å². The number of carbonyl (C=O) groups is 1. The summed E-state index contributed by atoms with van der Waals surface area (Å²) in [5.41, 5.74) is 0.647. The number of hydrogen-bond acceptors (Lipinski definition) is 3. The van der Waals surface area contributed by atoms with Gasteiger partial charge in [0.25, 0.3) is 0 Å². The van der Waals surface area contributed by atoms with Crippen LogP contribution in [0.4, 0.5) is 5.69 Å². The summed E-state index contributed by atoms with van der Waals surface area (Å²) < 4.78 is 0. The number of hydrogen-bond donors (Lipinski definition) is 2. The molecule has 0 aromatic heterocycles. The van der Waals surface area contributed by atoms with Gasteiger partial charge in [-0.05, 0) is 37.1 Å². The molecule has 1 aromatic carbocycles. The van der Waals surface area contributed by atoms with E-state index in [1.165, 1.54) is 0 Å². The fourth-order valence-corrected chi connectivity index (χ4v) is 2.82. The van der Waals surface area contributed by atoms with E-state index < -0.39 is 5.41 Å². The highest BCUT2D eigenvalue weighted by Crippen LogP contribution is 2.36. The predicted octanol–water partition coefficient (Wildman–Crippen LogP) is 2.79. The Morgan fingerprint density at radius 2 is 2.30 bits per heavy atom. The van der Waals surface area contributed by atoms with E-state index in [2.05, 4.69) is 24.5 Å². The molecule has 5 heteroatoms. The van der Waals surface area contributed by atoms with E-state index in [1.54, 1.807) is 18.2 Å². The van der Waals surface area contributed by atoms with E-state index in [1.807, 2.05) is 6.07 Å². The fourth-order valence-electron chi connectivity index (χ4n) is 2.59. The highest BCUT2D eigenvalue weighted by atomic mass is 35.5. The molecule has 1 aromatic rings. The van der Waals surface area contributed by atoms with Gasteiger partial charge in [-0.25, -0.2) is 0 Å². The fraction of sp³-hybridized carbons (Fsp3) is 0.467. The van der Waals surface area contributed by atoms with E-state index in [9.17, 15) is 4.79 Å². The third kappa shape index (κ3) is 2.65. The molecule has 2 N–H and O–H groups in total. The Kier molecular flexibility index (Phi) is 4.32. The molecule has 1 saturated heterocycles. The van der Waals surface area contributed by atoms with Crippen LogP contribution in [0.2, 0.25) is 5.02 Å². The Bertz CT molecular complexity index is 557. The quantitative estimate of drug-likeness (QED) is 0.900. The van der Waals surface area contributed by atoms with Gasteiger partial charge in [0.05, 0.1) is 27.8 Å². The van der Waals surface area contributed by atoms with E-state index in [0.29, 0.717) is 22.8 Å². The molecule has 0 aliphatic carbocycles. The van der Waals surface area contributed by atoms with Crippen LogP contribution in [0, 0.1) is 22.7 Å². The second-order valence-corrected chi connectivity index (χ2v) is 5.91. The van der Waals surface area contributed by atoms with E-state index >= 15 is 0 Å². The number of benzene rings is 1. The number of amides is 1. The summed E-state index contributed by atoms with van der Waals surface area (Å²) in [6, 6.07) is 6.91. The average molecular weight is 292 g/mol. The Morgan fingerprint density at radius 3 is 2.80 bits per heavy atom. The molecule has 1 unspecified atom stereocenters. The summed E-state index contributed by atoms with van der Waals surface area (Å²) in [6.07, 6.45) is 0.824. The molecule has 1 aliphatic rings. The lowest BCUT2D eigenvalue weighted by molar-refractivity contribution is -0.126. The van der Waals surface area contributed by atoms with Gasteiger partial charge in [-0.2, -0.15) is 5.26 Å². The highest BCUT2D eigenvalue weighted by molar-refractivity contribution is 6.33. The zero-order valence-corrected chi connectivity index (χ0v) is 12.4. The number of carbonyl (C=O) groups excluding carboxylic acids is 1. The van der Waals surface area contributed by atoms with Gasteiger partial charge >= 0.3 is 0 Å². The lowest BCUT2D eigenvalue weighted by atomic mass is 9.75. The van der Waals surface area contributed by atoms with Crippen molar-refractivity contribution in [2.45, 2.75) is 20.3 Å². The molecule has 1 heterocycles. The van der Waals surface area contributed by atoms with E-state index in [4.69, 9.17) is 16.9 Å². The monoisotopic (exact) mass is 291 g/mol. The maximum absolute atomic E-state index is 12.6. The van der Waals surface area contributed by atoms with Gasteiger partial charge < -0.3 is 10.6 Å². The zero-order valence-electron chi connectivity index (χ0n) is 11.7. The smallest absolute Gasteiger partial charge is 0.232 e. The molecule has 0 spiro atoms. The van der Waals surface area contributed by atoms with Gasteiger partial charge in [0.1, 0.15) is 0 Å². The van der Waals surface area contributed by atoms with Crippen LogP contribution in [0.15, 0.2) is 18.2 Å². The van der Waals surface area contributed by atoms with Crippen LogP contribution in [-0.2, 0) is 4.79 Å². The summed E-state index contributed by atoms with van der Waals surface area (Å²) in [5.74, 6) is 0.235.